The standard InChI is InChI=1S/C15H20N2O2S2/c1-10-7-13(16)12(3)15(8-10)21(18,19)17(4)9-14-11(2)5-6-20-14/h5-8H,9,16H2,1-4H3. The van der Waals surface area contributed by atoms with E-state index in [2.05, 4.69) is 0 Å². The van der Waals surface area contributed by atoms with Crippen LogP contribution in [0.2, 0.25) is 0 Å². The Bertz CT molecular complexity index is 764. The molecule has 0 saturated heterocycles. The van der Waals surface area contributed by atoms with E-state index >= 15 is 0 Å². The van der Waals surface area contributed by atoms with E-state index in [-0.39, 0.29) is 4.90 Å². The zero-order valence-electron chi connectivity index (χ0n) is 12.7. The van der Waals surface area contributed by atoms with Crippen molar-refractivity contribution in [3.63, 3.8) is 0 Å². The summed E-state index contributed by atoms with van der Waals surface area (Å²) < 4.78 is 26.9. The number of anilines is 1. The molecule has 6 heteroatoms. The van der Waals surface area contributed by atoms with Crippen molar-refractivity contribution >= 4 is 27.0 Å². The summed E-state index contributed by atoms with van der Waals surface area (Å²) in [4.78, 5) is 1.34. The van der Waals surface area contributed by atoms with E-state index in [1.54, 1.807) is 37.4 Å². The van der Waals surface area contributed by atoms with E-state index in [4.69, 9.17) is 5.73 Å². The van der Waals surface area contributed by atoms with E-state index in [0.29, 0.717) is 17.8 Å². The minimum absolute atomic E-state index is 0.289. The maximum atomic E-state index is 12.8. The van der Waals surface area contributed by atoms with Crippen molar-refractivity contribution in [3.8, 4) is 0 Å². The van der Waals surface area contributed by atoms with Gasteiger partial charge in [0.05, 0.1) is 4.90 Å². The van der Waals surface area contributed by atoms with Crippen molar-refractivity contribution in [2.24, 2.45) is 0 Å². The van der Waals surface area contributed by atoms with Gasteiger partial charge in [-0.15, -0.1) is 11.3 Å². The highest BCUT2D eigenvalue weighted by Gasteiger charge is 2.24. The predicted molar refractivity (Wildman–Crippen MR) is 88.0 cm³/mol. The van der Waals surface area contributed by atoms with Gasteiger partial charge in [0.15, 0.2) is 0 Å². The molecular weight excluding hydrogens is 304 g/mol. The minimum Gasteiger partial charge on any atom is -0.398 e. The molecule has 0 aliphatic heterocycles. The number of rotatable bonds is 4. The first-order chi connectivity index (χ1) is 9.73. The number of benzene rings is 1. The first-order valence-electron chi connectivity index (χ1n) is 6.59. The molecule has 0 aliphatic carbocycles. The molecule has 0 fully saturated rings. The summed E-state index contributed by atoms with van der Waals surface area (Å²) in [5.74, 6) is 0. The lowest BCUT2D eigenvalue weighted by Crippen LogP contribution is -2.27. The van der Waals surface area contributed by atoms with Crippen molar-refractivity contribution in [2.75, 3.05) is 12.8 Å². The van der Waals surface area contributed by atoms with Crippen molar-refractivity contribution < 1.29 is 8.42 Å². The second-order valence-electron chi connectivity index (χ2n) is 5.27. The van der Waals surface area contributed by atoms with Crippen molar-refractivity contribution in [1.29, 1.82) is 0 Å². The fraction of sp³-hybridized carbons (Fsp3) is 0.333. The number of hydrogen-bond donors (Lipinski definition) is 1. The molecule has 0 amide bonds. The van der Waals surface area contributed by atoms with Crippen LogP contribution in [0.25, 0.3) is 0 Å². The summed E-state index contributed by atoms with van der Waals surface area (Å²) >= 11 is 1.57. The van der Waals surface area contributed by atoms with Gasteiger partial charge in [-0.25, -0.2) is 8.42 Å². The second kappa shape index (κ2) is 5.79. The van der Waals surface area contributed by atoms with Crippen molar-refractivity contribution in [3.05, 3.63) is 45.1 Å². The van der Waals surface area contributed by atoms with Crippen LogP contribution in [-0.2, 0) is 16.6 Å². The van der Waals surface area contributed by atoms with Crippen LogP contribution in [0.3, 0.4) is 0 Å². The van der Waals surface area contributed by atoms with Gasteiger partial charge in [-0.05, 0) is 61.0 Å². The van der Waals surface area contributed by atoms with Crippen LogP contribution in [0.1, 0.15) is 21.6 Å². The summed E-state index contributed by atoms with van der Waals surface area (Å²) in [6, 6.07) is 5.47. The minimum atomic E-state index is -3.55. The maximum Gasteiger partial charge on any atom is 0.243 e. The Kier molecular flexibility index (Phi) is 4.41. The van der Waals surface area contributed by atoms with E-state index in [1.807, 2.05) is 25.3 Å². The highest BCUT2D eigenvalue weighted by molar-refractivity contribution is 7.89. The third kappa shape index (κ3) is 3.12. The molecule has 0 unspecified atom stereocenters. The van der Waals surface area contributed by atoms with Crippen LogP contribution in [-0.4, -0.2) is 19.8 Å². The lowest BCUT2D eigenvalue weighted by molar-refractivity contribution is 0.468. The van der Waals surface area contributed by atoms with Gasteiger partial charge in [0.25, 0.3) is 0 Å². The number of nitrogens with zero attached hydrogens (tertiary/aromatic N) is 1. The van der Waals surface area contributed by atoms with Gasteiger partial charge in [-0.1, -0.05) is 0 Å². The SMILES string of the molecule is Cc1cc(N)c(C)c(S(=O)(=O)N(C)Cc2sccc2C)c1. The third-order valence-electron chi connectivity index (χ3n) is 3.57. The van der Waals surface area contributed by atoms with E-state index in [1.165, 1.54) is 4.31 Å². The molecule has 21 heavy (non-hydrogen) atoms. The van der Waals surface area contributed by atoms with Gasteiger partial charge in [-0.3, -0.25) is 0 Å². The van der Waals surface area contributed by atoms with Crippen LogP contribution in [0.15, 0.2) is 28.5 Å². The number of aryl methyl sites for hydroxylation is 2. The van der Waals surface area contributed by atoms with Gasteiger partial charge >= 0.3 is 0 Å². The molecule has 0 aliphatic rings. The van der Waals surface area contributed by atoms with Gasteiger partial charge in [0, 0.05) is 24.2 Å². The van der Waals surface area contributed by atoms with E-state index < -0.39 is 10.0 Å². The second-order valence-corrected chi connectivity index (χ2v) is 8.28. The highest BCUT2D eigenvalue weighted by Crippen LogP contribution is 2.27. The average molecular weight is 324 g/mol. The third-order valence-corrected chi connectivity index (χ3v) is 6.50. The molecule has 4 nitrogen and oxygen atoms in total. The van der Waals surface area contributed by atoms with Crippen LogP contribution >= 0.6 is 11.3 Å². The van der Waals surface area contributed by atoms with Gasteiger partial charge in [0.2, 0.25) is 10.0 Å². The zero-order chi connectivity index (χ0) is 15.8. The van der Waals surface area contributed by atoms with Crippen LogP contribution in [0.4, 0.5) is 5.69 Å². The molecule has 0 saturated carbocycles. The molecular formula is C15H20N2O2S2. The summed E-state index contributed by atoms with van der Waals surface area (Å²) in [5.41, 5.74) is 8.97. The Morgan fingerprint density at radius 1 is 1.24 bits per heavy atom. The van der Waals surface area contributed by atoms with Crippen LogP contribution < -0.4 is 5.73 Å². The quantitative estimate of drug-likeness (QED) is 0.879. The molecule has 2 aromatic rings. The summed E-state index contributed by atoms with van der Waals surface area (Å²) in [7, 11) is -1.94. The number of thiophene rings is 1. The number of nitrogen functional groups attached to an aromatic ring is 1. The fourth-order valence-electron chi connectivity index (χ4n) is 2.14. The normalized spacial score (nSPS) is 12.0. The molecule has 0 radical (unpaired) electrons. The van der Waals surface area contributed by atoms with Crippen molar-refractivity contribution in [1.82, 2.24) is 4.31 Å². The monoisotopic (exact) mass is 324 g/mol. The van der Waals surface area contributed by atoms with Crippen molar-refractivity contribution in [2.45, 2.75) is 32.2 Å². The predicted octanol–water partition coefficient (Wildman–Crippen LogP) is 3.08. The Labute approximate surface area is 130 Å². The number of sulfonamides is 1. The lowest BCUT2D eigenvalue weighted by atomic mass is 10.1. The fourth-order valence-corrected chi connectivity index (χ4v) is 4.66. The molecule has 0 spiro atoms. The summed E-state index contributed by atoms with van der Waals surface area (Å²) in [5, 5.41) is 1.97. The molecule has 1 heterocycles. The topological polar surface area (TPSA) is 63.4 Å². The molecule has 1 aromatic heterocycles. The maximum absolute atomic E-state index is 12.8. The highest BCUT2D eigenvalue weighted by atomic mass is 32.2. The van der Waals surface area contributed by atoms with Gasteiger partial charge in [-0.2, -0.15) is 4.31 Å². The first-order valence-corrected chi connectivity index (χ1v) is 8.91. The number of hydrogen-bond acceptors (Lipinski definition) is 4. The molecule has 0 bridgehead atoms. The first kappa shape index (κ1) is 16.0. The van der Waals surface area contributed by atoms with E-state index in [9.17, 15) is 8.42 Å². The Morgan fingerprint density at radius 3 is 2.48 bits per heavy atom. The molecule has 1 aromatic carbocycles. The van der Waals surface area contributed by atoms with Crippen LogP contribution in [0.5, 0.6) is 0 Å². The molecule has 2 rings (SSSR count). The Balaban J connectivity index is 2.40. The Hall–Kier alpha value is -1.37. The molecule has 0 atom stereocenters. The zero-order valence-corrected chi connectivity index (χ0v) is 14.3. The number of nitrogens with two attached hydrogens (primary N) is 1. The van der Waals surface area contributed by atoms with Gasteiger partial charge < -0.3 is 5.73 Å². The van der Waals surface area contributed by atoms with E-state index in [0.717, 1.165) is 16.0 Å². The molecule has 114 valence electrons. The summed E-state index contributed by atoms with van der Waals surface area (Å²) in [6.07, 6.45) is 0. The molecule has 2 N–H and O–H groups in total. The lowest BCUT2D eigenvalue weighted by Gasteiger charge is -2.19. The smallest absolute Gasteiger partial charge is 0.243 e. The van der Waals surface area contributed by atoms with Gasteiger partial charge in [0.1, 0.15) is 0 Å². The largest absolute Gasteiger partial charge is 0.398 e. The van der Waals surface area contributed by atoms with Crippen LogP contribution in [0, 0.1) is 20.8 Å². The Morgan fingerprint density at radius 2 is 1.90 bits per heavy atom. The average Bonchev–Trinajstić information content (AvgIpc) is 2.79. The summed E-state index contributed by atoms with van der Waals surface area (Å²) in [6.45, 7) is 5.95.